The Hall–Kier alpha value is -1.06. The van der Waals surface area contributed by atoms with Crippen LogP contribution in [0.5, 0.6) is 0 Å². The standard InChI is InChI=1S/C12H16ClNO2/c1-8-6-10(13)5-4-9(8)7-11(12(15)16)14(2)3/h4-6,11H,7H2,1-3H3,(H,15,16). The number of benzene rings is 1. The first-order valence-electron chi connectivity index (χ1n) is 5.06. The van der Waals surface area contributed by atoms with Gasteiger partial charge in [0, 0.05) is 5.02 Å². The molecule has 0 heterocycles. The quantitative estimate of drug-likeness (QED) is 0.879. The van der Waals surface area contributed by atoms with Gasteiger partial charge in [-0.25, -0.2) is 0 Å². The molecule has 1 N–H and O–H groups in total. The van der Waals surface area contributed by atoms with Gasteiger partial charge in [0.25, 0.3) is 0 Å². The van der Waals surface area contributed by atoms with E-state index in [2.05, 4.69) is 0 Å². The van der Waals surface area contributed by atoms with Crippen LogP contribution >= 0.6 is 11.6 Å². The fourth-order valence-electron chi connectivity index (χ4n) is 1.59. The van der Waals surface area contributed by atoms with E-state index < -0.39 is 12.0 Å². The van der Waals surface area contributed by atoms with Crippen molar-refractivity contribution in [2.75, 3.05) is 14.1 Å². The Bertz CT molecular complexity index is 391. The van der Waals surface area contributed by atoms with Crippen molar-refractivity contribution in [1.82, 2.24) is 4.90 Å². The summed E-state index contributed by atoms with van der Waals surface area (Å²) in [6.07, 6.45) is 0.491. The van der Waals surface area contributed by atoms with E-state index in [1.807, 2.05) is 19.1 Å². The van der Waals surface area contributed by atoms with Crippen LogP contribution in [0.25, 0.3) is 0 Å². The molecule has 0 spiro atoms. The smallest absolute Gasteiger partial charge is 0.321 e. The number of carbonyl (C=O) groups is 1. The summed E-state index contributed by atoms with van der Waals surface area (Å²) in [4.78, 5) is 12.8. The minimum absolute atomic E-state index is 0.491. The zero-order chi connectivity index (χ0) is 12.3. The highest BCUT2D eigenvalue weighted by Gasteiger charge is 2.20. The highest BCUT2D eigenvalue weighted by atomic mass is 35.5. The molecule has 1 aromatic carbocycles. The second-order valence-corrected chi connectivity index (χ2v) is 4.53. The van der Waals surface area contributed by atoms with Crippen molar-refractivity contribution in [2.24, 2.45) is 0 Å². The summed E-state index contributed by atoms with van der Waals surface area (Å²) < 4.78 is 0. The maximum absolute atomic E-state index is 11.1. The molecule has 0 aliphatic heterocycles. The van der Waals surface area contributed by atoms with E-state index in [1.54, 1.807) is 25.1 Å². The average Bonchev–Trinajstić information content (AvgIpc) is 2.15. The van der Waals surface area contributed by atoms with E-state index in [1.165, 1.54) is 0 Å². The lowest BCUT2D eigenvalue weighted by atomic mass is 10.0. The highest BCUT2D eigenvalue weighted by molar-refractivity contribution is 6.30. The Morgan fingerprint density at radius 3 is 2.56 bits per heavy atom. The normalized spacial score (nSPS) is 12.8. The fourth-order valence-corrected chi connectivity index (χ4v) is 1.81. The van der Waals surface area contributed by atoms with Crippen molar-refractivity contribution in [3.05, 3.63) is 34.3 Å². The molecule has 1 atom stereocenters. The first-order valence-corrected chi connectivity index (χ1v) is 5.44. The molecule has 0 aliphatic rings. The number of likely N-dealkylation sites (N-methyl/N-ethyl adjacent to an activating group) is 1. The lowest BCUT2D eigenvalue weighted by Gasteiger charge is -2.20. The average molecular weight is 242 g/mol. The molecule has 0 amide bonds. The van der Waals surface area contributed by atoms with Gasteiger partial charge < -0.3 is 5.11 Å². The van der Waals surface area contributed by atoms with Crippen molar-refractivity contribution in [2.45, 2.75) is 19.4 Å². The number of halogens is 1. The SMILES string of the molecule is Cc1cc(Cl)ccc1CC(C(=O)O)N(C)C. The van der Waals surface area contributed by atoms with Crippen molar-refractivity contribution >= 4 is 17.6 Å². The number of hydrogen-bond donors (Lipinski definition) is 1. The van der Waals surface area contributed by atoms with Gasteiger partial charge in [0.2, 0.25) is 0 Å². The molecule has 0 bridgehead atoms. The van der Waals surface area contributed by atoms with Gasteiger partial charge in [-0.2, -0.15) is 0 Å². The van der Waals surface area contributed by atoms with Crippen molar-refractivity contribution in [1.29, 1.82) is 0 Å². The molecular weight excluding hydrogens is 226 g/mol. The van der Waals surface area contributed by atoms with Gasteiger partial charge in [0.15, 0.2) is 0 Å². The van der Waals surface area contributed by atoms with Crippen molar-refractivity contribution < 1.29 is 9.90 Å². The van der Waals surface area contributed by atoms with E-state index in [9.17, 15) is 4.79 Å². The van der Waals surface area contributed by atoms with Crippen LogP contribution in [0.4, 0.5) is 0 Å². The van der Waals surface area contributed by atoms with Crippen LogP contribution < -0.4 is 0 Å². The molecule has 0 aromatic heterocycles. The monoisotopic (exact) mass is 241 g/mol. The number of carboxylic acid groups (broad SMARTS) is 1. The third-order valence-corrected chi connectivity index (χ3v) is 2.86. The van der Waals surface area contributed by atoms with E-state index >= 15 is 0 Å². The van der Waals surface area contributed by atoms with Gasteiger partial charge in [-0.1, -0.05) is 17.7 Å². The highest BCUT2D eigenvalue weighted by Crippen LogP contribution is 2.17. The van der Waals surface area contributed by atoms with Crippen molar-refractivity contribution in [3.8, 4) is 0 Å². The molecule has 88 valence electrons. The Morgan fingerprint density at radius 1 is 1.50 bits per heavy atom. The van der Waals surface area contributed by atoms with Gasteiger partial charge in [0.1, 0.15) is 6.04 Å². The summed E-state index contributed by atoms with van der Waals surface area (Å²) in [5.41, 5.74) is 2.05. The second-order valence-electron chi connectivity index (χ2n) is 4.09. The van der Waals surface area contributed by atoms with Crippen LogP contribution in [-0.2, 0) is 11.2 Å². The Labute approximate surface area is 101 Å². The summed E-state index contributed by atoms with van der Waals surface area (Å²) in [7, 11) is 3.54. The molecule has 0 saturated heterocycles. The molecule has 1 unspecified atom stereocenters. The van der Waals surface area contributed by atoms with Crippen LogP contribution in [0.2, 0.25) is 5.02 Å². The molecule has 4 heteroatoms. The number of hydrogen-bond acceptors (Lipinski definition) is 2. The third-order valence-electron chi connectivity index (χ3n) is 2.63. The molecule has 1 aromatic rings. The van der Waals surface area contributed by atoms with Crippen LogP contribution in [0, 0.1) is 6.92 Å². The minimum Gasteiger partial charge on any atom is -0.480 e. The number of aliphatic carboxylic acids is 1. The molecular formula is C12H16ClNO2. The largest absolute Gasteiger partial charge is 0.480 e. The Balaban J connectivity index is 2.90. The van der Waals surface area contributed by atoms with Gasteiger partial charge in [-0.05, 0) is 50.7 Å². The molecule has 1 rings (SSSR count). The summed E-state index contributed by atoms with van der Waals surface area (Å²) in [6.45, 7) is 1.94. The Kier molecular flexibility index (Phi) is 4.33. The summed E-state index contributed by atoms with van der Waals surface area (Å²) >= 11 is 5.85. The van der Waals surface area contributed by atoms with Gasteiger partial charge in [0.05, 0.1) is 0 Å². The predicted molar refractivity (Wildman–Crippen MR) is 65.0 cm³/mol. The van der Waals surface area contributed by atoms with E-state index in [0.717, 1.165) is 11.1 Å². The first kappa shape index (κ1) is 13.0. The zero-order valence-corrected chi connectivity index (χ0v) is 10.5. The topological polar surface area (TPSA) is 40.5 Å². The third kappa shape index (κ3) is 3.22. The summed E-state index contributed by atoms with van der Waals surface area (Å²) in [6, 6.07) is 5.03. The first-order chi connectivity index (χ1) is 7.41. The van der Waals surface area contributed by atoms with E-state index in [0.29, 0.717) is 11.4 Å². The lowest BCUT2D eigenvalue weighted by Crippen LogP contribution is -2.37. The summed E-state index contributed by atoms with van der Waals surface area (Å²) in [5.74, 6) is -0.806. The number of nitrogens with zero attached hydrogens (tertiary/aromatic N) is 1. The van der Waals surface area contributed by atoms with Crippen LogP contribution in [-0.4, -0.2) is 36.1 Å². The Morgan fingerprint density at radius 2 is 2.12 bits per heavy atom. The number of carboxylic acids is 1. The predicted octanol–water partition coefficient (Wildman–Crippen LogP) is 2.21. The fraction of sp³-hybridized carbons (Fsp3) is 0.417. The van der Waals surface area contributed by atoms with Crippen LogP contribution in [0.1, 0.15) is 11.1 Å². The molecule has 0 radical (unpaired) electrons. The molecule has 3 nitrogen and oxygen atoms in total. The molecule has 0 saturated carbocycles. The van der Waals surface area contributed by atoms with Gasteiger partial charge in [-0.15, -0.1) is 0 Å². The van der Waals surface area contributed by atoms with E-state index in [4.69, 9.17) is 16.7 Å². The van der Waals surface area contributed by atoms with E-state index in [-0.39, 0.29) is 0 Å². The van der Waals surface area contributed by atoms with Crippen molar-refractivity contribution in [3.63, 3.8) is 0 Å². The van der Waals surface area contributed by atoms with Gasteiger partial charge in [-0.3, -0.25) is 9.69 Å². The molecule has 0 aliphatic carbocycles. The number of rotatable bonds is 4. The lowest BCUT2D eigenvalue weighted by molar-refractivity contribution is -0.142. The maximum atomic E-state index is 11.1. The molecule has 0 fully saturated rings. The zero-order valence-electron chi connectivity index (χ0n) is 9.70. The maximum Gasteiger partial charge on any atom is 0.321 e. The number of aryl methyl sites for hydroxylation is 1. The van der Waals surface area contributed by atoms with Crippen LogP contribution in [0.15, 0.2) is 18.2 Å². The minimum atomic E-state index is -0.806. The second kappa shape index (κ2) is 5.32. The van der Waals surface area contributed by atoms with Gasteiger partial charge >= 0.3 is 5.97 Å². The summed E-state index contributed by atoms with van der Waals surface area (Å²) in [5, 5.41) is 9.76. The van der Waals surface area contributed by atoms with Crippen LogP contribution in [0.3, 0.4) is 0 Å². The molecule has 16 heavy (non-hydrogen) atoms.